The Balaban J connectivity index is 1.44. The molecule has 0 radical (unpaired) electrons. The molecule has 3 aromatic rings. The number of carbonyl (C=O) groups excluding carboxylic acids is 1. The Kier molecular flexibility index (Phi) is 6.46. The number of hydrogen-bond donors (Lipinski definition) is 1. The van der Waals surface area contributed by atoms with Crippen molar-refractivity contribution in [2.75, 3.05) is 13.6 Å². The Morgan fingerprint density at radius 1 is 1.29 bits per heavy atom. The lowest BCUT2D eigenvalue weighted by Gasteiger charge is -2.16. The first-order valence-corrected chi connectivity index (χ1v) is 9.46. The lowest BCUT2D eigenvalue weighted by Crippen LogP contribution is -2.28. The maximum Gasteiger partial charge on any atom is 0.229 e. The van der Waals surface area contributed by atoms with Crippen molar-refractivity contribution in [1.29, 1.82) is 0 Å². The van der Waals surface area contributed by atoms with Gasteiger partial charge < -0.3 is 9.42 Å². The van der Waals surface area contributed by atoms with Gasteiger partial charge >= 0.3 is 0 Å². The van der Waals surface area contributed by atoms with Crippen molar-refractivity contribution in [1.82, 2.24) is 20.3 Å². The Morgan fingerprint density at radius 3 is 2.71 bits per heavy atom. The molecule has 0 bridgehead atoms. The van der Waals surface area contributed by atoms with Gasteiger partial charge in [-0.15, -0.1) is 0 Å². The number of benzene rings is 1. The maximum absolute atomic E-state index is 13.0. The third-order valence-electron chi connectivity index (χ3n) is 4.66. The normalized spacial score (nSPS) is 11.0. The van der Waals surface area contributed by atoms with Crippen LogP contribution in [0.5, 0.6) is 0 Å². The average molecular weight is 405 g/mol. The molecule has 3 rings (SSSR count). The largest absolute Gasteiger partial charge is 0.346 e. The quantitative estimate of drug-likeness (QED) is 0.610. The van der Waals surface area contributed by atoms with Gasteiger partial charge in [-0.05, 0) is 68.1 Å². The van der Waals surface area contributed by atoms with Crippen LogP contribution in [0.4, 0.5) is 4.39 Å². The minimum absolute atomic E-state index is 0.0493. The highest BCUT2D eigenvalue weighted by Crippen LogP contribution is 2.21. The fourth-order valence-corrected chi connectivity index (χ4v) is 3.22. The Bertz CT molecular complexity index is 917. The van der Waals surface area contributed by atoms with Crippen LogP contribution in [0.15, 0.2) is 34.9 Å². The van der Waals surface area contributed by atoms with Crippen molar-refractivity contribution >= 4 is 17.5 Å². The highest BCUT2D eigenvalue weighted by atomic mass is 35.5. The van der Waals surface area contributed by atoms with E-state index in [4.69, 9.17) is 16.1 Å². The molecular weight excluding hydrogens is 383 g/mol. The fourth-order valence-electron chi connectivity index (χ4n) is 2.95. The molecule has 2 heterocycles. The molecule has 1 N–H and O–H groups in total. The molecule has 0 aliphatic carbocycles. The maximum atomic E-state index is 13.0. The van der Waals surface area contributed by atoms with Crippen LogP contribution in [0.2, 0.25) is 5.22 Å². The van der Waals surface area contributed by atoms with Gasteiger partial charge in [-0.25, -0.2) is 4.39 Å². The van der Waals surface area contributed by atoms with Crippen LogP contribution in [0.25, 0.3) is 11.3 Å². The molecule has 0 unspecified atom stereocenters. The van der Waals surface area contributed by atoms with Gasteiger partial charge in [-0.3, -0.25) is 9.89 Å². The highest BCUT2D eigenvalue weighted by Gasteiger charge is 2.15. The number of aromatic nitrogens is 3. The second-order valence-electron chi connectivity index (χ2n) is 6.72. The van der Waals surface area contributed by atoms with E-state index in [0.29, 0.717) is 19.4 Å². The van der Waals surface area contributed by atoms with Crippen LogP contribution in [-0.4, -0.2) is 39.8 Å². The molecule has 1 aromatic carbocycles. The number of carbonyl (C=O) groups is 1. The smallest absolute Gasteiger partial charge is 0.229 e. The van der Waals surface area contributed by atoms with Gasteiger partial charge in [0, 0.05) is 36.8 Å². The predicted molar refractivity (Wildman–Crippen MR) is 105 cm³/mol. The van der Waals surface area contributed by atoms with Crippen molar-refractivity contribution < 1.29 is 13.7 Å². The third-order valence-corrected chi connectivity index (χ3v) is 4.96. The summed E-state index contributed by atoms with van der Waals surface area (Å²) in [6.45, 7) is 2.45. The average Bonchev–Trinajstić information content (AvgIpc) is 3.27. The number of aryl methyl sites for hydroxylation is 2. The first-order chi connectivity index (χ1) is 13.4. The monoisotopic (exact) mass is 404 g/mol. The van der Waals surface area contributed by atoms with Gasteiger partial charge in [-0.1, -0.05) is 5.16 Å². The molecule has 0 aliphatic rings. The summed E-state index contributed by atoms with van der Waals surface area (Å²) in [7, 11) is 1.79. The Morgan fingerprint density at radius 2 is 2.04 bits per heavy atom. The van der Waals surface area contributed by atoms with E-state index in [-0.39, 0.29) is 16.9 Å². The minimum Gasteiger partial charge on any atom is -0.346 e. The summed E-state index contributed by atoms with van der Waals surface area (Å²) in [6.07, 6.45) is 2.44. The SMILES string of the molecule is Cc1noc(Cl)c1CCC(=O)N(C)CCCc1cc(-c2ccc(F)cc2)n[nH]1. The first-order valence-electron chi connectivity index (χ1n) is 9.09. The van der Waals surface area contributed by atoms with Crippen LogP contribution in [0.1, 0.15) is 29.8 Å². The summed E-state index contributed by atoms with van der Waals surface area (Å²) in [4.78, 5) is 14.0. The molecule has 0 atom stereocenters. The molecular formula is C20H22ClFN4O2. The van der Waals surface area contributed by atoms with Gasteiger partial charge in [-0.2, -0.15) is 5.10 Å². The minimum atomic E-state index is -0.270. The summed E-state index contributed by atoms with van der Waals surface area (Å²) in [5.74, 6) is -0.220. The van der Waals surface area contributed by atoms with Crippen molar-refractivity contribution in [3.05, 3.63) is 58.3 Å². The van der Waals surface area contributed by atoms with E-state index in [1.54, 1.807) is 24.1 Å². The van der Waals surface area contributed by atoms with E-state index >= 15 is 0 Å². The second-order valence-corrected chi connectivity index (χ2v) is 7.07. The van der Waals surface area contributed by atoms with Crippen LogP contribution in [-0.2, 0) is 17.6 Å². The lowest BCUT2D eigenvalue weighted by molar-refractivity contribution is -0.129. The van der Waals surface area contributed by atoms with Crippen LogP contribution >= 0.6 is 11.6 Å². The zero-order valence-electron chi connectivity index (χ0n) is 15.8. The number of H-pyrrole nitrogens is 1. The molecule has 8 heteroatoms. The van der Waals surface area contributed by atoms with Gasteiger partial charge in [0.15, 0.2) is 0 Å². The number of halogens is 2. The third kappa shape index (κ3) is 4.98. The topological polar surface area (TPSA) is 75.0 Å². The first kappa shape index (κ1) is 20.1. The molecule has 0 saturated heterocycles. The predicted octanol–water partition coefficient (Wildman–Crippen LogP) is 4.19. The molecule has 1 amide bonds. The Hall–Kier alpha value is -2.67. The van der Waals surface area contributed by atoms with E-state index in [9.17, 15) is 9.18 Å². The highest BCUT2D eigenvalue weighted by molar-refractivity contribution is 6.29. The van der Waals surface area contributed by atoms with E-state index in [1.807, 2.05) is 13.0 Å². The number of hydrogen-bond acceptors (Lipinski definition) is 4. The van der Waals surface area contributed by atoms with Gasteiger partial charge in [0.25, 0.3) is 0 Å². The van der Waals surface area contributed by atoms with E-state index in [2.05, 4.69) is 15.4 Å². The van der Waals surface area contributed by atoms with Crippen LogP contribution in [0.3, 0.4) is 0 Å². The molecule has 0 aliphatic heterocycles. The molecule has 0 saturated carbocycles. The van der Waals surface area contributed by atoms with E-state index in [0.717, 1.165) is 41.1 Å². The van der Waals surface area contributed by atoms with Gasteiger partial charge in [0.05, 0.1) is 11.4 Å². The molecule has 148 valence electrons. The van der Waals surface area contributed by atoms with E-state index < -0.39 is 0 Å². The van der Waals surface area contributed by atoms with Crippen LogP contribution in [0, 0.1) is 12.7 Å². The standard InChI is InChI=1S/C20H22ClFN4O2/c1-13-17(20(21)28-25-13)9-10-19(27)26(2)11-3-4-16-12-18(24-23-16)14-5-7-15(22)8-6-14/h5-8,12H,3-4,9-11H2,1-2H3,(H,23,24). The van der Waals surface area contributed by atoms with Gasteiger partial charge in [0.1, 0.15) is 5.82 Å². The molecule has 0 fully saturated rings. The number of aromatic amines is 1. The van der Waals surface area contributed by atoms with Gasteiger partial charge in [0.2, 0.25) is 11.1 Å². The second kappa shape index (κ2) is 9.01. The zero-order chi connectivity index (χ0) is 20.1. The van der Waals surface area contributed by atoms with Crippen LogP contribution < -0.4 is 0 Å². The Labute approximate surface area is 167 Å². The lowest BCUT2D eigenvalue weighted by atomic mass is 10.1. The molecule has 2 aromatic heterocycles. The fraction of sp³-hybridized carbons (Fsp3) is 0.350. The number of nitrogens with zero attached hydrogens (tertiary/aromatic N) is 3. The van der Waals surface area contributed by atoms with Crippen molar-refractivity contribution in [3.63, 3.8) is 0 Å². The van der Waals surface area contributed by atoms with E-state index in [1.165, 1.54) is 12.1 Å². The molecule has 28 heavy (non-hydrogen) atoms. The summed E-state index contributed by atoms with van der Waals surface area (Å²) >= 11 is 5.93. The summed E-state index contributed by atoms with van der Waals surface area (Å²) in [6, 6.07) is 8.18. The summed E-state index contributed by atoms with van der Waals surface area (Å²) in [5, 5.41) is 11.3. The summed E-state index contributed by atoms with van der Waals surface area (Å²) < 4.78 is 17.9. The molecule has 6 nitrogen and oxygen atoms in total. The zero-order valence-corrected chi connectivity index (χ0v) is 16.6. The number of nitrogens with one attached hydrogen (secondary N) is 1. The summed E-state index contributed by atoms with van der Waals surface area (Å²) in [5.41, 5.74) is 4.12. The van der Waals surface area contributed by atoms with Crippen molar-refractivity contribution in [3.8, 4) is 11.3 Å². The molecule has 0 spiro atoms. The number of rotatable bonds is 8. The van der Waals surface area contributed by atoms with Crippen molar-refractivity contribution in [2.24, 2.45) is 0 Å². The number of amides is 1. The van der Waals surface area contributed by atoms with Crippen molar-refractivity contribution in [2.45, 2.75) is 32.6 Å².